The predicted octanol–water partition coefficient (Wildman–Crippen LogP) is 5.56. The van der Waals surface area contributed by atoms with E-state index in [9.17, 15) is 9.18 Å². The largest absolute Gasteiger partial charge is 0.495 e. The second-order valence-corrected chi connectivity index (χ2v) is 8.43. The van der Waals surface area contributed by atoms with Crippen LogP contribution in [-0.4, -0.2) is 50.1 Å². The second kappa shape index (κ2) is 15.3. The molecule has 0 bridgehead atoms. The molecule has 7 heteroatoms. The molecule has 1 aromatic heterocycles. The number of pyridine rings is 1. The Bertz CT molecular complexity index is 1170. The normalized spacial score (nSPS) is 14.2. The fourth-order valence-electron chi connectivity index (χ4n) is 4.20. The van der Waals surface area contributed by atoms with Crippen molar-refractivity contribution < 1.29 is 13.9 Å². The Balaban J connectivity index is 0.000000412. The zero-order valence-corrected chi connectivity index (χ0v) is 23.4. The Labute approximate surface area is 221 Å². The van der Waals surface area contributed by atoms with Gasteiger partial charge in [0.1, 0.15) is 11.6 Å². The summed E-state index contributed by atoms with van der Waals surface area (Å²) in [7, 11) is 3.63. The van der Waals surface area contributed by atoms with E-state index in [0.717, 1.165) is 67.3 Å². The van der Waals surface area contributed by atoms with Crippen LogP contribution in [0.3, 0.4) is 0 Å². The van der Waals surface area contributed by atoms with E-state index >= 15 is 0 Å². The molecule has 0 aliphatic carbocycles. The molecule has 0 spiro atoms. The monoisotopic (exact) mass is 511 g/mol. The van der Waals surface area contributed by atoms with Crippen LogP contribution in [0.5, 0.6) is 5.75 Å². The summed E-state index contributed by atoms with van der Waals surface area (Å²) in [6, 6.07) is 14.0. The van der Waals surface area contributed by atoms with Crippen LogP contribution in [-0.2, 0) is 17.7 Å². The number of rotatable bonds is 3. The second-order valence-electron chi connectivity index (χ2n) is 8.43. The highest BCUT2D eigenvalue weighted by molar-refractivity contribution is 5.69. The van der Waals surface area contributed by atoms with E-state index in [1.165, 1.54) is 12.1 Å². The molecule has 0 saturated carbocycles. The fraction of sp³-hybridized carbons (Fsp3) is 0.433. The molecule has 2 aromatic carbocycles. The number of nitrogens with one attached hydrogen (secondary N) is 1. The lowest BCUT2D eigenvalue weighted by atomic mass is 10.0. The Hall–Kier alpha value is -3.00. The first-order valence-corrected chi connectivity index (χ1v) is 13.1. The van der Waals surface area contributed by atoms with Crippen LogP contribution >= 0.6 is 0 Å². The van der Waals surface area contributed by atoms with Gasteiger partial charge in [0.05, 0.1) is 26.1 Å². The molecule has 3 aromatic rings. The van der Waals surface area contributed by atoms with Gasteiger partial charge in [-0.05, 0) is 60.5 Å². The average molecular weight is 512 g/mol. The minimum atomic E-state index is -0.270. The third kappa shape index (κ3) is 7.99. The van der Waals surface area contributed by atoms with Crippen LogP contribution in [0.4, 0.5) is 4.39 Å². The number of hydrogen-bond donors (Lipinski definition) is 1. The molecule has 5 rings (SSSR count). The number of aryl methyl sites for hydroxylation is 1. The number of fused-ring (bicyclic) bond motifs is 1. The lowest BCUT2D eigenvalue weighted by Crippen LogP contribution is -2.31. The number of ether oxygens (including phenoxy) is 2. The molecule has 0 amide bonds. The highest BCUT2D eigenvalue weighted by Crippen LogP contribution is 2.31. The number of aromatic nitrogens is 1. The number of methoxy groups -OCH3 is 1. The third-order valence-corrected chi connectivity index (χ3v) is 5.87. The molecule has 37 heavy (non-hydrogen) atoms. The van der Waals surface area contributed by atoms with Crippen LogP contribution in [0, 0.1) is 12.7 Å². The lowest BCUT2D eigenvalue weighted by molar-refractivity contribution is 0.154. The van der Waals surface area contributed by atoms with Gasteiger partial charge in [0.2, 0.25) is 0 Å². The van der Waals surface area contributed by atoms with Crippen molar-refractivity contribution in [3.63, 3.8) is 0 Å². The van der Waals surface area contributed by atoms with E-state index in [2.05, 4.69) is 10.2 Å². The Morgan fingerprint density at radius 1 is 1.00 bits per heavy atom. The van der Waals surface area contributed by atoms with Crippen molar-refractivity contribution in [2.75, 3.05) is 40.6 Å². The number of nitrogens with zero attached hydrogens (tertiary/aromatic N) is 2. The van der Waals surface area contributed by atoms with E-state index in [4.69, 9.17) is 9.47 Å². The van der Waals surface area contributed by atoms with E-state index in [-0.39, 0.29) is 11.4 Å². The van der Waals surface area contributed by atoms with Gasteiger partial charge in [0.15, 0.2) is 0 Å². The van der Waals surface area contributed by atoms with Gasteiger partial charge in [-0.2, -0.15) is 0 Å². The number of likely N-dealkylation sites (N-methyl/N-ethyl adjacent to an activating group) is 1. The molecule has 6 nitrogen and oxygen atoms in total. The standard InChI is InChI=1S/C22H21FN2O2.C4H9NO.2C2H6/c1-14-9-17(11-18(23)10-14)15-3-5-20(21(12-15)27-2)25-19-7-8-24-13-16(19)4-6-22(25)26;1-5-2-3-6-4-5;2*1-2/h3-6,9-12,24H,7-8,13H2,1-2H3;2-4H2,1H3;2*1-2H3. The fourth-order valence-corrected chi connectivity index (χ4v) is 4.20. The Kier molecular flexibility index (Phi) is 12.5. The molecule has 0 atom stereocenters. The minimum Gasteiger partial charge on any atom is -0.495 e. The molecule has 1 fully saturated rings. The van der Waals surface area contributed by atoms with Gasteiger partial charge in [-0.3, -0.25) is 14.3 Å². The smallest absolute Gasteiger partial charge is 0.255 e. The van der Waals surface area contributed by atoms with Crippen LogP contribution < -0.4 is 15.6 Å². The van der Waals surface area contributed by atoms with E-state index in [1.54, 1.807) is 17.7 Å². The zero-order valence-electron chi connectivity index (χ0n) is 23.4. The van der Waals surface area contributed by atoms with Gasteiger partial charge in [0.25, 0.3) is 5.56 Å². The van der Waals surface area contributed by atoms with Crippen LogP contribution in [0.15, 0.2) is 53.3 Å². The van der Waals surface area contributed by atoms with Gasteiger partial charge in [0, 0.05) is 37.8 Å². The van der Waals surface area contributed by atoms with Gasteiger partial charge in [-0.1, -0.05) is 45.9 Å². The van der Waals surface area contributed by atoms with Crippen molar-refractivity contribution >= 4 is 0 Å². The maximum atomic E-state index is 13.8. The number of halogens is 1. The van der Waals surface area contributed by atoms with Gasteiger partial charge in [-0.25, -0.2) is 4.39 Å². The maximum Gasteiger partial charge on any atom is 0.255 e. The van der Waals surface area contributed by atoms with Crippen molar-refractivity contribution in [1.29, 1.82) is 0 Å². The summed E-state index contributed by atoms with van der Waals surface area (Å²) in [4.78, 5) is 14.8. The van der Waals surface area contributed by atoms with Crippen molar-refractivity contribution in [3.05, 3.63) is 81.5 Å². The molecule has 0 radical (unpaired) electrons. The summed E-state index contributed by atoms with van der Waals surface area (Å²) in [5.74, 6) is 0.317. The highest BCUT2D eigenvalue weighted by atomic mass is 19.1. The predicted molar refractivity (Wildman–Crippen MR) is 150 cm³/mol. The molecule has 0 unspecified atom stereocenters. The van der Waals surface area contributed by atoms with Gasteiger partial charge >= 0.3 is 0 Å². The zero-order chi connectivity index (χ0) is 27.4. The molecular formula is C30H42FN3O3. The number of hydrogen-bond acceptors (Lipinski definition) is 5. The van der Waals surface area contributed by atoms with Gasteiger partial charge < -0.3 is 14.8 Å². The first-order valence-electron chi connectivity index (χ1n) is 13.1. The number of benzene rings is 2. The summed E-state index contributed by atoms with van der Waals surface area (Å²) < 4.78 is 26.1. The molecule has 2 aliphatic heterocycles. The minimum absolute atomic E-state index is 0.0803. The molecule has 1 N–H and O–H groups in total. The first-order chi connectivity index (χ1) is 18.0. The van der Waals surface area contributed by atoms with Crippen molar-refractivity contribution in [1.82, 2.24) is 14.8 Å². The van der Waals surface area contributed by atoms with Crippen molar-refractivity contribution in [2.45, 2.75) is 47.6 Å². The molecule has 3 heterocycles. The van der Waals surface area contributed by atoms with E-state index in [1.807, 2.05) is 72.0 Å². The summed E-state index contributed by atoms with van der Waals surface area (Å²) >= 11 is 0. The van der Waals surface area contributed by atoms with E-state index < -0.39 is 0 Å². The summed E-state index contributed by atoms with van der Waals surface area (Å²) in [5, 5.41) is 3.33. The summed E-state index contributed by atoms with van der Waals surface area (Å²) in [6.45, 7) is 14.3. The first kappa shape index (κ1) is 30.2. The molecule has 1 saturated heterocycles. The Morgan fingerprint density at radius 2 is 1.76 bits per heavy atom. The third-order valence-electron chi connectivity index (χ3n) is 5.87. The molecule has 202 valence electrons. The quantitative estimate of drug-likeness (QED) is 0.499. The van der Waals surface area contributed by atoms with Crippen molar-refractivity contribution in [2.24, 2.45) is 0 Å². The lowest BCUT2D eigenvalue weighted by Gasteiger charge is -2.23. The van der Waals surface area contributed by atoms with Crippen LogP contribution in [0.25, 0.3) is 16.8 Å². The van der Waals surface area contributed by atoms with Crippen LogP contribution in [0.1, 0.15) is 44.5 Å². The van der Waals surface area contributed by atoms with Crippen molar-refractivity contribution in [3.8, 4) is 22.6 Å². The Morgan fingerprint density at radius 3 is 2.35 bits per heavy atom. The van der Waals surface area contributed by atoms with Crippen LogP contribution in [0.2, 0.25) is 0 Å². The SMILES string of the molecule is CC.CC.CN1CCOC1.COc1cc(-c2cc(C)cc(F)c2)ccc1-n1c2c(ccc1=O)CNCC2. The maximum absolute atomic E-state index is 13.8. The molecule has 2 aliphatic rings. The summed E-state index contributed by atoms with van der Waals surface area (Å²) in [5.41, 5.74) is 5.23. The molecular weight excluding hydrogens is 469 g/mol. The van der Waals surface area contributed by atoms with E-state index in [0.29, 0.717) is 11.4 Å². The summed E-state index contributed by atoms with van der Waals surface area (Å²) in [6.07, 6.45) is 0.777. The average Bonchev–Trinajstić information content (AvgIpc) is 3.41. The topological polar surface area (TPSA) is 55.7 Å². The highest BCUT2D eigenvalue weighted by Gasteiger charge is 2.18. The van der Waals surface area contributed by atoms with Gasteiger partial charge in [-0.15, -0.1) is 0 Å².